The molecule has 1 saturated carbocycles. The van der Waals surface area contributed by atoms with Gasteiger partial charge in [0, 0.05) is 5.75 Å². The van der Waals surface area contributed by atoms with Gasteiger partial charge in [-0.3, -0.25) is 0 Å². The van der Waals surface area contributed by atoms with Crippen molar-refractivity contribution in [3.63, 3.8) is 0 Å². The minimum absolute atomic E-state index is 0.748. The average Bonchev–Trinajstić information content (AvgIpc) is 2.28. The van der Waals surface area contributed by atoms with Crippen LogP contribution in [-0.2, 0) is 0 Å². The lowest BCUT2D eigenvalue weighted by Gasteiger charge is -2.22. The Labute approximate surface area is 88.2 Å². The minimum atomic E-state index is -1.40. The molecule has 0 spiro atoms. The molecule has 1 heteroatoms. The van der Waals surface area contributed by atoms with E-state index in [4.69, 9.17) is 6.42 Å². The molecule has 0 aromatic heterocycles. The summed E-state index contributed by atoms with van der Waals surface area (Å²) in [5, 5.41) is 8.77. The molecule has 1 aliphatic rings. The number of terminal acetylenes is 1. The highest BCUT2D eigenvalue weighted by Crippen LogP contribution is 2.31. The lowest BCUT2D eigenvalue weighted by Crippen LogP contribution is -2.10. The standard InChI is InChI=1S/C13H18S/c1-4-14(5-2,6-3)12-13-10-8-7-9-11-13/h1,13H,2-3,7-12H2. The molecule has 0 radical (unpaired) electrons. The van der Waals surface area contributed by atoms with Crippen LogP contribution in [0.3, 0.4) is 0 Å². The summed E-state index contributed by atoms with van der Waals surface area (Å²) in [5.41, 5.74) is 0. The largest absolute Gasteiger partial charge is 0.108 e. The summed E-state index contributed by atoms with van der Waals surface area (Å²) in [7, 11) is -1.40. The molecule has 1 aliphatic carbocycles. The van der Waals surface area contributed by atoms with Gasteiger partial charge >= 0.3 is 0 Å². The quantitative estimate of drug-likeness (QED) is 0.481. The third-order valence-electron chi connectivity index (χ3n) is 2.90. The van der Waals surface area contributed by atoms with Gasteiger partial charge in [0.1, 0.15) is 0 Å². The molecule has 0 nitrogen and oxygen atoms in total. The molecule has 1 fully saturated rings. The summed E-state index contributed by atoms with van der Waals surface area (Å²) in [5.74, 6) is 1.76. The molecule has 0 aliphatic heterocycles. The second-order valence-electron chi connectivity index (χ2n) is 3.82. The monoisotopic (exact) mass is 206 g/mol. The zero-order valence-corrected chi connectivity index (χ0v) is 9.54. The molecule has 1 rings (SSSR count). The van der Waals surface area contributed by atoms with E-state index in [9.17, 15) is 0 Å². The van der Waals surface area contributed by atoms with Crippen LogP contribution in [0.2, 0.25) is 0 Å². The topological polar surface area (TPSA) is 0 Å². The third kappa shape index (κ3) is 2.60. The molecule has 0 saturated heterocycles. The third-order valence-corrected chi connectivity index (χ3v) is 5.26. The van der Waals surface area contributed by atoms with Gasteiger partial charge in [-0.1, -0.05) is 38.5 Å². The van der Waals surface area contributed by atoms with Gasteiger partial charge in [-0.2, -0.15) is 0 Å². The molecule has 14 heavy (non-hydrogen) atoms. The lowest BCUT2D eigenvalue weighted by atomic mass is 9.91. The molecule has 0 N–H and O–H groups in total. The molecular weight excluding hydrogens is 188 g/mol. The van der Waals surface area contributed by atoms with E-state index in [0.717, 1.165) is 11.7 Å². The fraction of sp³-hybridized carbons (Fsp3) is 0.538. The Morgan fingerprint density at radius 2 is 1.71 bits per heavy atom. The van der Waals surface area contributed by atoms with E-state index < -0.39 is 9.21 Å². The number of rotatable bonds is 2. The van der Waals surface area contributed by atoms with Crippen molar-refractivity contribution in [2.24, 2.45) is 5.92 Å². The molecule has 0 amide bonds. The van der Waals surface area contributed by atoms with Gasteiger partial charge in [-0.15, -0.1) is 6.42 Å². The predicted octanol–water partition coefficient (Wildman–Crippen LogP) is 3.14. The Bertz CT molecular complexity index is 363. The SMILES string of the molecule is C#CS(=C=C)(=C=C)CC1CCCCC1. The highest BCUT2D eigenvalue weighted by molar-refractivity contribution is 8.32. The first-order valence-electron chi connectivity index (χ1n) is 5.12. The van der Waals surface area contributed by atoms with E-state index >= 15 is 0 Å². The Morgan fingerprint density at radius 3 is 2.14 bits per heavy atom. The first kappa shape index (κ1) is 11.3. The van der Waals surface area contributed by atoms with Gasteiger partial charge < -0.3 is 0 Å². The van der Waals surface area contributed by atoms with E-state index in [2.05, 4.69) is 28.5 Å². The average molecular weight is 206 g/mol. The van der Waals surface area contributed by atoms with Gasteiger partial charge in [0.15, 0.2) is 0 Å². The maximum absolute atomic E-state index is 5.53. The van der Waals surface area contributed by atoms with Crippen LogP contribution in [0.5, 0.6) is 0 Å². The summed E-state index contributed by atoms with van der Waals surface area (Å²) in [6.07, 6.45) is 12.2. The highest BCUT2D eigenvalue weighted by Gasteiger charge is 2.15. The summed E-state index contributed by atoms with van der Waals surface area (Å²) in [4.78, 5) is 0. The second-order valence-corrected chi connectivity index (χ2v) is 6.44. The highest BCUT2D eigenvalue weighted by atomic mass is 32.2. The summed E-state index contributed by atoms with van der Waals surface area (Å²) < 4.78 is 0. The van der Waals surface area contributed by atoms with Crippen LogP contribution in [0, 0.1) is 17.6 Å². The number of hydrogen-bond acceptors (Lipinski definition) is 0. The second kappa shape index (κ2) is 5.18. The molecule has 0 unspecified atom stereocenters. The molecule has 0 aromatic rings. The van der Waals surface area contributed by atoms with Crippen LogP contribution in [-0.4, -0.2) is 15.8 Å². The summed E-state index contributed by atoms with van der Waals surface area (Å²) in [6, 6.07) is 0. The van der Waals surface area contributed by atoms with Gasteiger partial charge in [0.2, 0.25) is 0 Å². The predicted molar refractivity (Wildman–Crippen MR) is 69.1 cm³/mol. The first-order chi connectivity index (χ1) is 6.76. The summed E-state index contributed by atoms with van der Waals surface area (Å²) >= 11 is 0. The molecule has 0 bridgehead atoms. The van der Waals surface area contributed by atoms with Crippen molar-refractivity contribution in [2.75, 3.05) is 5.75 Å². The fourth-order valence-corrected chi connectivity index (χ4v) is 3.65. The van der Waals surface area contributed by atoms with Gasteiger partial charge in [-0.25, -0.2) is 0 Å². The van der Waals surface area contributed by atoms with E-state index in [-0.39, 0.29) is 0 Å². The maximum atomic E-state index is 5.53. The van der Waals surface area contributed by atoms with Crippen LogP contribution in [0.1, 0.15) is 32.1 Å². The Hall–Kier alpha value is -0.790. The van der Waals surface area contributed by atoms with Crippen molar-refractivity contribution in [3.8, 4) is 11.7 Å². The van der Waals surface area contributed by atoms with E-state index in [0.29, 0.717) is 0 Å². The van der Waals surface area contributed by atoms with Crippen molar-refractivity contribution < 1.29 is 0 Å². The van der Waals surface area contributed by atoms with E-state index in [1.165, 1.54) is 32.1 Å². The lowest BCUT2D eigenvalue weighted by molar-refractivity contribution is 0.391. The normalized spacial score (nSPS) is 17.9. The van der Waals surface area contributed by atoms with E-state index in [1.54, 1.807) is 0 Å². The summed E-state index contributed by atoms with van der Waals surface area (Å²) in [6.45, 7) is 7.41. The van der Waals surface area contributed by atoms with Crippen LogP contribution >= 0.6 is 9.21 Å². The van der Waals surface area contributed by atoms with Crippen molar-refractivity contribution in [1.82, 2.24) is 0 Å². The van der Waals surface area contributed by atoms with Crippen molar-refractivity contribution in [3.05, 3.63) is 13.2 Å². The Morgan fingerprint density at radius 1 is 1.14 bits per heavy atom. The van der Waals surface area contributed by atoms with E-state index in [1.807, 2.05) is 0 Å². The van der Waals surface area contributed by atoms with Crippen LogP contribution in [0.25, 0.3) is 0 Å². The first-order valence-corrected chi connectivity index (χ1v) is 6.92. The Kier molecular flexibility index (Phi) is 4.18. The van der Waals surface area contributed by atoms with Gasteiger partial charge in [0.05, 0.1) is 0 Å². The zero-order valence-electron chi connectivity index (χ0n) is 8.72. The van der Waals surface area contributed by atoms with Crippen molar-refractivity contribution in [1.29, 1.82) is 0 Å². The smallest absolute Gasteiger partial charge is 0.0106 e. The van der Waals surface area contributed by atoms with Gasteiger partial charge in [0.25, 0.3) is 0 Å². The fourth-order valence-electron chi connectivity index (χ4n) is 2.01. The Balaban J connectivity index is 2.82. The molecule has 0 atom stereocenters. The maximum Gasteiger partial charge on any atom is 0.0106 e. The molecule has 0 aromatic carbocycles. The zero-order chi connectivity index (χ0) is 10.4. The van der Waals surface area contributed by atoms with Crippen molar-refractivity contribution >= 4 is 19.3 Å². The van der Waals surface area contributed by atoms with Crippen LogP contribution < -0.4 is 0 Å². The van der Waals surface area contributed by atoms with Crippen LogP contribution in [0.15, 0.2) is 13.2 Å². The van der Waals surface area contributed by atoms with Crippen molar-refractivity contribution in [2.45, 2.75) is 32.1 Å². The molecular formula is C13H18S. The number of hydrogen-bond donors (Lipinski definition) is 0. The minimum Gasteiger partial charge on any atom is -0.108 e. The molecule has 0 heterocycles. The molecule has 76 valence electrons. The van der Waals surface area contributed by atoms with Crippen LogP contribution in [0.4, 0.5) is 0 Å². The van der Waals surface area contributed by atoms with Gasteiger partial charge in [-0.05, 0) is 37.2 Å².